The van der Waals surface area contributed by atoms with E-state index in [4.69, 9.17) is 4.74 Å². The van der Waals surface area contributed by atoms with Crippen LogP contribution in [0.15, 0.2) is 30.5 Å². The molecular weight excluding hydrogens is 358 g/mol. The Bertz CT molecular complexity index is 823. The summed E-state index contributed by atoms with van der Waals surface area (Å²) in [6.07, 6.45) is 8.12. The van der Waals surface area contributed by atoms with E-state index in [-0.39, 0.29) is 11.5 Å². The highest BCUT2D eigenvalue weighted by molar-refractivity contribution is 7.14. The lowest BCUT2D eigenvalue weighted by molar-refractivity contribution is -0.0757. The maximum atomic E-state index is 12.6. The molecule has 6 heteroatoms. The van der Waals surface area contributed by atoms with Gasteiger partial charge in [-0.15, -0.1) is 11.3 Å². The number of hydrogen-bond donors (Lipinski definition) is 1. The van der Waals surface area contributed by atoms with Gasteiger partial charge in [-0.25, -0.2) is 4.98 Å². The first-order valence-electron chi connectivity index (χ1n) is 9.97. The van der Waals surface area contributed by atoms with Gasteiger partial charge >= 0.3 is 0 Å². The van der Waals surface area contributed by atoms with Gasteiger partial charge in [0.1, 0.15) is 5.82 Å². The number of thiophene rings is 1. The highest BCUT2D eigenvalue weighted by atomic mass is 32.1. The van der Waals surface area contributed by atoms with Crippen LogP contribution in [0.25, 0.3) is 0 Å². The number of carbonyl (C=O) groups is 1. The first-order chi connectivity index (χ1) is 13.2. The first kappa shape index (κ1) is 17.2. The number of aromatic nitrogens is 1. The zero-order chi connectivity index (χ0) is 18.3. The number of fused-ring (bicyclic) bond motifs is 2. The summed E-state index contributed by atoms with van der Waals surface area (Å²) >= 11 is 1.67. The molecular formula is C21H25N3O2S. The zero-order valence-electron chi connectivity index (χ0n) is 15.4. The number of carbonyl (C=O) groups excluding carboxylic acids is 1. The molecule has 2 aliphatic heterocycles. The summed E-state index contributed by atoms with van der Waals surface area (Å²) in [7, 11) is 0. The molecule has 0 aromatic carbocycles. The molecule has 2 aromatic rings. The van der Waals surface area contributed by atoms with E-state index < -0.39 is 0 Å². The van der Waals surface area contributed by atoms with Crippen molar-refractivity contribution in [3.05, 3.63) is 45.8 Å². The van der Waals surface area contributed by atoms with Crippen LogP contribution in [-0.4, -0.2) is 36.6 Å². The molecule has 0 unspecified atom stereocenters. The Balaban J connectivity index is 1.34. The molecule has 1 spiro atoms. The summed E-state index contributed by atoms with van der Waals surface area (Å²) in [4.78, 5) is 21.6. The molecule has 27 heavy (non-hydrogen) atoms. The lowest BCUT2D eigenvalue weighted by Gasteiger charge is -2.44. The first-order valence-corrected chi connectivity index (χ1v) is 10.8. The lowest BCUT2D eigenvalue weighted by atomic mass is 9.82. The molecule has 1 amide bonds. The van der Waals surface area contributed by atoms with E-state index >= 15 is 0 Å². The molecule has 2 fully saturated rings. The maximum Gasteiger partial charge on any atom is 0.261 e. The molecule has 4 heterocycles. The minimum atomic E-state index is -0.232. The van der Waals surface area contributed by atoms with E-state index in [1.165, 1.54) is 16.9 Å². The predicted octanol–water partition coefficient (Wildman–Crippen LogP) is 3.49. The normalized spacial score (nSPS) is 21.6. The van der Waals surface area contributed by atoms with Crippen LogP contribution >= 0.6 is 11.3 Å². The number of rotatable bonds is 3. The molecule has 0 bridgehead atoms. The minimum absolute atomic E-state index is 0.0974. The van der Waals surface area contributed by atoms with Gasteiger partial charge in [0, 0.05) is 36.6 Å². The van der Waals surface area contributed by atoms with E-state index in [9.17, 15) is 4.79 Å². The number of nitrogens with one attached hydrogen (secondary N) is 1. The standard InChI is InChI=1S/C21H25N3O2S/c25-20(23-15-4-3-5-15)18-14-16-17(27-18)7-13-26-21(16)8-11-24(12-9-21)19-6-1-2-10-22-19/h1-2,6,10,14-15H,3-5,7-9,11-13H2,(H,23,25). The molecule has 0 atom stereocenters. The Kier molecular flexibility index (Phi) is 4.40. The fourth-order valence-corrected chi connectivity index (χ4v) is 5.52. The second-order valence-electron chi connectivity index (χ2n) is 7.82. The molecule has 1 saturated heterocycles. The molecule has 5 nitrogen and oxygen atoms in total. The van der Waals surface area contributed by atoms with Gasteiger partial charge in [0.2, 0.25) is 0 Å². The summed E-state index contributed by atoms with van der Waals surface area (Å²) in [5, 5.41) is 3.18. The third kappa shape index (κ3) is 3.15. The van der Waals surface area contributed by atoms with Crippen molar-refractivity contribution in [3.63, 3.8) is 0 Å². The van der Waals surface area contributed by atoms with Crippen LogP contribution in [0, 0.1) is 0 Å². The summed E-state index contributed by atoms with van der Waals surface area (Å²) in [6, 6.07) is 8.55. The summed E-state index contributed by atoms with van der Waals surface area (Å²) < 4.78 is 6.35. The topological polar surface area (TPSA) is 54.5 Å². The van der Waals surface area contributed by atoms with Crippen molar-refractivity contribution in [3.8, 4) is 0 Å². The van der Waals surface area contributed by atoms with E-state index in [0.29, 0.717) is 6.04 Å². The van der Waals surface area contributed by atoms with Gasteiger partial charge in [0.15, 0.2) is 0 Å². The largest absolute Gasteiger partial charge is 0.370 e. The van der Waals surface area contributed by atoms with Crippen molar-refractivity contribution in [2.24, 2.45) is 0 Å². The van der Waals surface area contributed by atoms with Gasteiger partial charge in [-0.05, 0) is 55.9 Å². The number of hydrogen-bond acceptors (Lipinski definition) is 5. The van der Waals surface area contributed by atoms with Crippen molar-refractivity contribution in [2.75, 3.05) is 24.6 Å². The van der Waals surface area contributed by atoms with Crippen LogP contribution in [0.1, 0.15) is 52.2 Å². The Labute approximate surface area is 163 Å². The van der Waals surface area contributed by atoms with Gasteiger partial charge < -0.3 is 15.0 Å². The number of pyridine rings is 1. The Morgan fingerprint density at radius 3 is 2.85 bits per heavy atom. The highest BCUT2D eigenvalue weighted by Crippen LogP contribution is 2.45. The third-order valence-electron chi connectivity index (χ3n) is 6.22. The average Bonchev–Trinajstić information content (AvgIpc) is 3.12. The van der Waals surface area contributed by atoms with E-state index in [1.807, 2.05) is 18.3 Å². The van der Waals surface area contributed by atoms with Crippen LogP contribution in [0.4, 0.5) is 5.82 Å². The summed E-state index contributed by atoms with van der Waals surface area (Å²) in [5.74, 6) is 1.13. The molecule has 2 aromatic heterocycles. The molecule has 1 saturated carbocycles. The van der Waals surface area contributed by atoms with Crippen LogP contribution in [0.2, 0.25) is 0 Å². The van der Waals surface area contributed by atoms with E-state index in [0.717, 1.165) is 62.5 Å². The number of ether oxygens (including phenoxy) is 1. The smallest absolute Gasteiger partial charge is 0.261 e. The zero-order valence-corrected chi connectivity index (χ0v) is 16.3. The quantitative estimate of drug-likeness (QED) is 0.881. The van der Waals surface area contributed by atoms with E-state index in [2.05, 4.69) is 27.3 Å². The SMILES string of the molecule is O=C(NC1CCC1)c1cc2c(s1)CCOC21CCN(c2ccccn2)CC1. The summed E-state index contributed by atoms with van der Waals surface area (Å²) in [6.45, 7) is 2.60. The van der Waals surface area contributed by atoms with Crippen LogP contribution in [0.3, 0.4) is 0 Å². The number of anilines is 1. The van der Waals surface area contributed by atoms with Crippen molar-refractivity contribution in [2.45, 2.75) is 50.2 Å². The fourth-order valence-electron chi connectivity index (χ4n) is 4.39. The lowest BCUT2D eigenvalue weighted by Crippen LogP contribution is -2.46. The summed E-state index contributed by atoms with van der Waals surface area (Å²) in [5.41, 5.74) is 1.03. The van der Waals surface area contributed by atoms with Gasteiger partial charge in [0.25, 0.3) is 5.91 Å². The monoisotopic (exact) mass is 383 g/mol. The Morgan fingerprint density at radius 1 is 1.30 bits per heavy atom. The Morgan fingerprint density at radius 2 is 2.15 bits per heavy atom. The third-order valence-corrected chi connectivity index (χ3v) is 7.41. The van der Waals surface area contributed by atoms with Gasteiger partial charge in [0.05, 0.1) is 17.1 Å². The second-order valence-corrected chi connectivity index (χ2v) is 8.95. The van der Waals surface area contributed by atoms with Gasteiger partial charge in [-0.3, -0.25) is 4.79 Å². The predicted molar refractivity (Wildman–Crippen MR) is 106 cm³/mol. The van der Waals surface area contributed by atoms with Crippen molar-refractivity contribution in [1.29, 1.82) is 0 Å². The number of amides is 1. The average molecular weight is 384 g/mol. The number of nitrogens with zero attached hydrogens (tertiary/aromatic N) is 2. The Hall–Kier alpha value is -1.92. The van der Waals surface area contributed by atoms with E-state index in [1.54, 1.807) is 11.3 Å². The van der Waals surface area contributed by atoms with Crippen molar-refractivity contribution < 1.29 is 9.53 Å². The van der Waals surface area contributed by atoms with Crippen LogP contribution < -0.4 is 10.2 Å². The molecule has 1 N–H and O–H groups in total. The van der Waals surface area contributed by atoms with Crippen LogP contribution in [0.5, 0.6) is 0 Å². The van der Waals surface area contributed by atoms with Crippen molar-refractivity contribution in [1.82, 2.24) is 10.3 Å². The molecule has 0 radical (unpaired) electrons. The number of piperidine rings is 1. The molecule has 142 valence electrons. The fraction of sp³-hybridized carbons (Fsp3) is 0.524. The molecule has 3 aliphatic rings. The minimum Gasteiger partial charge on any atom is -0.370 e. The van der Waals surface area contributed by atoms with Crippen molar-refractivity contribution >= 4 is 23.1 Å². The molecule has 1 aliphatic carbocycles. The maximum absolute atomic E-state index is 12.6. The highest BCUT2D eigenvalue weighted by Gasteiger charge is 2.42. The van der Waals surface area contributed by atoms with Crippen LogP contribution in [-0.2, 0) is 16.8 Å². The van der Waals surface area contributed by atoms with Gasteiger partial charge in [-0.1, -0.05) is 6.07 Å². The molecule has 5 rings (SSSR count). The second kappa shape index (κ2) is 6.91. The van der Waals surface area contributed by atoms with Gasteiger partial charge in [-0.2, -0.15) is 0 Å².